The molecule has 1 heterocycles. The molecule has 0 radical (unpaired) electrons. The monoisotopic (exact) mass is 225 g/mol. The minimum Gasteiger partial charge on any atom is -0.327 e. The first-order valence-electron chi connectivity index (χ1n) is 3.66. The van der Waals surface area contributed by atoms with Gasteiger partial charge in [-0.3, -0.25) is 0 Å². The van der Waals surface area contributed by atoms with E-state index in [9.17, 15) is 0 Å². The summed E-state index contributed by atoms with van der Waals surface area (Å²) in [7, 11) is 0. The molecule has 0 bridgehead atoms. The number of alkyl halides is 3. The molecule has 0 amide bonds. The van der Waals surface area contributed by atoms with Gasteiger partial charge in [0.05, 0.1) is 0 Å². The first-order chi connectivity index (χ1) is 5.47. The summed E-state index contributed by atoms with van der Waals surface area (Å²) in [6.07, 6.45) is 1.99. The molecule has 1 aliphatic carbocycles. The highest BCUT2D eigenvalue weighted by Crippen LogP contribution is 2.67. The molecule has 66 valence electrons. The smallest absolute Gasteiger partial charge is 0.231 e. The minimum absolute atomic E-state index is 0.554. The minimum atomic E-state index is -1.18. The van der Waals surface area contributed by atoms with Crippen molar-refractivity contribution >= 4 is 34.8 Å². The van der Waals surface area contributed by atoms with E-state index >= 15 is 0 Å². The SMILES string of the molecule is N#C[C@@]12O[C@@]1(Cl)CCCC2(Cl)Cl. The van der Waals surface area contributed by atoms with Crippen LogP contribution in [0.3, 0.4) is 0 Å². The van der Waals surface area contributed by atoms with Crippen LogP contribution in [0.4, 0.5) is 0 Å². The molecule has 2 rings (SSSR count). The van der Waals surface area contributed by atoms with E-state index in [1.807, 2.05) is 6.07 Å². The van der Waals surface area contributed by atoms with Gasteiger partial charge in [-0.05, 0) is 19.3 Å². The van der Waals surface area contributed by atoms with Crippen molar-refractivity contribution in [2.75, 3.05) is 0 Å². The normalized spacial score (nSPS) is 49.2. The van der Waals surface area contributed by atoms with Crippen LogP contribution in [-0.2, 0) is 4.74 Å². The molecule has 2 nitrogen and oxygen atoms in total. The molecule has 1 saturated carbocycles. The maximum atomic E-state index is 8.86. The Balaban J connectivity index is 2.38. The van der Waals surface area contributed by atoms with Crippen molar-refractivity contribution in [3.8, 4) is 6.07 Å². The summed E-state index contributed by atoms with van der Waals surface area (Å²) < 4.78 is 4.01. The van der Waals surface area contributed by atoms with Crippen LogP contribution >= 0.6 is 34.8 Å². The number of ether oxygens (including phenoxy) is 1. The molecule has 2 fully saturated rings. The number of hydrogen-bond acceptors (Lipinski definition) is 2. The number of nitrogens with zero attached hydrogens (tertiary/aromatic N) is 1. The molecule has 0 unspecified atom stereocenters. The molecule has 0 aromatic carbocycles. The number of halogens is 3. The van der Waals surface area contributed by atoms with E-state index in [2.05, 4.69) is 0 Å². The lowest BCUT2D eigenvalue weighted by atomic mass is 9.88. The highest BCUT2D eigenvalue weighted by atomic mass is 35.5. The molecular weight excluding hydrogens is 220 g/mol. The molecule has 12 heavy (non-hydrogen) atoms. The highest BCUT2D eigenvalue weighted by molar-refractivity contribution is 6.51. The molecule has 0 spiro atoms. The quantitative estimate of drug-likeness (QED) is 0.470. The van der Waals surface area contributed by atoms with Crippen molar-refractivity contribution in [1.82, 2.24) is 0 Å². The summed E-state index contributed by atoms with van der Waals surface area (Å²) in [4.78, 5) is 0. The van der Waals surface area contributed by atoms with Crippen molar-refractivity contribution in [1.29, 1.82) is 5.26 Å². The predicted octanol–water partition coefficient (Wildman–Crippen LogP) is 2.57. The number of fused-ring (bicyclic) bond motifs is 1. The zero-order valence-electron chi connectivity index (χ0n) is 6.11. The lowest BCUT2D eigenvalue weighted by Crippen LogP contribution is -2.42. The lowest BCUT2D eigenvalue weighted by molar-refractivity contribution is 0.316. The van der Waals surface area contributed by atoms with E-state index in [4.69, 9.17) is 44.8 Å². The Bertz CT molecular complexity index is 274. The van der Waals surface area contributed by atoms with Crippen molar-refractivity contribution in [3.63, 3.8) is 0 Å². The van der Waals surface area contributed by atoms with Gasteiger partial charge in [-0.2, -0.15) is 5.26 Å². The van der Waals surface area contributed by atoms with Gasteiger partial charge in [0.1, 0.15) is 6.07 Å². The van der Waals surface area contributed by atoms with Gasteiger partial charge in [-0.1, -0.05) is 34.8 Å². The topological polar surface area (TPSA) is 36.3 Å². The second kappa shape index (κ2) is 2.22. The van der Waals surface area contributed by atoms with Crippen LogP contribution in [0.15, 0.2) is 0 Å². The van der Waals surface area contributed by atoms with Crippen LogP contribution in [-0.4, -0.2) is 15.0 Å². The third-order valence-corrected chi connectivity index (χ3v) is 3.90. The van der Waals surface area contributed by atoms with Gasteiger partial charge in [0.2, 0.25) is 5.60 Å². The fraction of sp³-hybridized carbons (Fsp3) is 0.857. The third-order valence-electron chi connectivity index (χ3n) is 2.46. The van der Waals surface area contributed by atoms with E-state index in [1.165, 1.54) is 0 Å². The summed E-state index contributed by atoms with van der Waals surface area (Å²) in [6, 6.07) is 1.97. The highest BCUT2D eigenvalue weighted by Gasteiger charge is 2.81. The Morgan fingerprint density at radius 2 is 1.92 bits per heavy atom. The maximum absolute atomic E-state index is 8.86. The Morgan fingerprint density at radius 1 is 1.25 bits per heavy atom. The number of nitriles is 1. The van der Waals surface area contributed by atoms with Gasteiger partial charge < -0.3 is 4.74 Å². The lowest BCUT2D eigenvalue weighted by Gasteiger charge is -2.27. The number of hydrogen-bond donors (Lipinski definition) is 0. The molecule has 2 atom stereocenters. The average Bonchev–Trinajstić information content (AvgIpc) is 2.58. The summed E-state index contributed by atoms with van der Waals surface area (Å²) in [5.74, 6) is 0. The maximum Gasteiger partial charge on any atom is 0.231 e. The van der Waals surface area contributed by atoms with Gasteiger partial charge >= 0.3 is 0 Å². The molecule has 0 aromatic rings. The summed E-state index contributed by atoms with van der Waals surface area (Å²) in [5, 5.41) is 7.94. The number of epoxide rings is 1. The van der Waals surface area contributed by atoms with Crippen LogP contribution in [0.2, 0.25) is 0 Å². The number of rotatable bonds is 0. The van der Waals surface area contributed by atoms with Crippen molar-refractivity contribution in [2.24, 2.45) is 0 Å². The van der Waals surface area contributed by atoms with Crippen LogP contribution in [0.1, 0.15) is 19.3 Å². The standard InChI is InChI=1S/C7H6Cl3NO/c8-6(9)2-1-3-7(10)5(6,4-11)12-7/h1-3H2/t5-,7-/m0/s1. The molecule has 5 heteroatoms. The first kappa shape index (κ1) is 8.90. The van der Waals surface area contributed by atoms with Crippen LogP contribution in [0.25, 0.3) is 0 Å². The van der Waals surface area contributed by atoms with Crippen LogP contribution in [0.5, 0.6) is 0 Å². The van der Waals surface area contributed by atoms with E-state index in [1.54, 1.807) is 0 Å². The zero-order chi connectivity index (χ0) is 9.04. The van der Waals surface area contributed by atoms with Gasteiger partial charge in [-0.15, -0.1) is 0 Å². The van der Waals surface area contributed by atoms with Gasteiger partial charge in [0.15, 0.2) is 9.39 Å². The predicted molar refractivity (Wildman–Crippen MR) is 46.3 cm³/mol. The largest absolute Gasteiger partial charge is 0.327 e. The van der Waals surface area contributed by atoms with Crippen molar-refractivity contribution in [2.45, 2.75) is 34.3 Å². The Labute approximate surface area is 85.3 Å². The Morgan fingerprint density at radius 3 is 2.33 bits per heavy atom. The Kier molecular flexibility index (Phi) is 1.64. The fourth-order valence-corrected chi connectivity index (χ4v) is 2.98. The van der Waals surface area contributed by atoms with E-state index < -0.39 is 15.0 Å². The Hall–Kier alpha value is 0.320. The van der Waals surface area contributed by atoms with E-state index in [0.29, 0.717) is 12.8 Å². The molecule has 1 saturated heterocycles. The van der Waals surface area contributed by atoms with Crippen LogP contribution in [0, 0.1) is 11.3 Å². The molecular formula is C7H6Cl3NO. The second-order valence-electron chi connectivity index (χ2n) is 3.18. The van der Waals surface area contributed by atoms with Crippen molar-refractivity contribution in [3.05, 3.63) is 0 Å². The average molecular weight is 226 g/mol. The summed E-state index contributed by atoms with van der Waals surface area (Å²) in [6.45, 7) is 0. The van der Waals surface area contributed by atoms with Crippen molar-refractivity contribution < 1.29 is 4.74 Å². The summed E-state index contributed by atoms with van der Waals surface area (Å²) in [5.41, 5.74) is -1.18. The van der Waals surface area contributed by atoms with Gasteiger partial charge in [0, 0.05) is 0 Å². The van der Waals surface area contributed by atoms with Crippen LogP contribution < -0.4 is 0 Å². The summed E-state index contributed by atoms with van der Waals surface area (Å²) >= 11 is 17.9. The van der Waals surface area contributed by atoms with E-state index in [-0.39, 0.29) is 0 Å². The van der Waals surface area contributed by atoms with Gasteiger partial charge in [-0.25, -0.2) is 0 Å². The second-order valence-corrected chi connectivity index (χ2v) is 5.28. The fourth-order valence-electron chi connectivity index (χ4n) is 1.69. The van der Waals surface area contributed by atoms with Gasteiger partial charge in [0.25, 0.3) is 0 Å². The third kappa shape index (κ3) is 0.807. The molecule has 0 aromatic heterocycles. The van der Waals surface area contributed by atoms with E-state index in [0.717, 1.165) is 6.42 Å². The first-order valence-corrected chi connectivity index (χ1v) is 4.79. The molecule has 2 aliphatic rings. The zero-order valence-corrected chi connectivity index (χ0v) is 8.38. The molecule has 1 aliphatic heterocycles. The molecule has 0 N–H and O–H groups in total.